The number of nitrogens with zero attached hydrogens (tertiary/aromatic N) is 2. The van der Waals surface area contributed by atoms with Crippen molar-refractivity contribution >= 4 is 17.3 Å². The molecule has 116 valence electrons. The Bertz CT molecular complexity index is 517. The second kappa shape index (κ2) is 7.58. The lowest BCUT2D eigenvalue weighted by Crippen LogP contribution is -2.23. The first-order chi connectivity index (χ1) is 9.90. The van der Waals surface area contributed by atoms with E-state index in [-0.39, 0.29) is 24.2 Å². The van der Waals surface area contributed by atoms with Gasteiger partial charge in [-0.05, 0) is 25.0 Å². The quantitative estimate of drug-likeness (QED) is 0.591. The summed E-state index contributed by atoms with van der Waals surface area (Å²) >= 11 is 0. The minimum absolute atomic E-state index is 0.00434. The summed E-state index contributed by atoms with van der Waals surface area (Å²) in [5.41, 5.74) is 0.599. The second-order valence-corrected chi connectivity index (χ2v) is 4.95. The summed E-state index contributed by atoms with van der Waals surface area (Å²) < 4.78 is 0. The van der Waals surface area contributed by atoms with Crippen LogP contribution in [0.3, 0.4) is 0 Å². The summed E-state index contributed by atoms with van der Waals surface area (Å²) in [6.07, 6.45) is 1.20. The lowest BCUT2D eigenvalue weighted by Gasteiger charge is -2.18. The Labute approximate surface area is 123 Å². The highest BCUT2D eigenvalue weighted by atomic mass is 16.6. The molecule has 7 heteroatoms. The average molecular weight is 295 g/mol. The number of nitrogens with one attached hydrogen (secondary N) is 1. The molecule has 0 aliphatic heterocycles. The van der Waals surface area contributed by atoms with Crippen LogP contribution >= 0.6 is 0 Å². The smallest absolute Gasteiger partial charge is 0.292 e. The number of benzene rings is 1. The van der Waals surface area contributed by atoms with Crippen molar-refractivity contribution in [1.82, 2.24) is 4.90 Å². The number of nitro groups is 1. The molecule has 0 radical (unpaired) electrons. The molecule has 0 heterocycles. The Morgan fingerprint density at radius 1 is 1.48 bits per heavy atom. The van der Waals surface area contributed by atoms with Crippen molar-refractivity contribution in [2.75, 3.05) is 26.0 Å². The Balaban J connectivity index is 3.15. The van der Waals surface area contributed by atoms with Gasteiger partial charge in [0.05, 0.1) is 4.92 Å². The molecule has 1 aromatic carbocycles. The minimum atomic E-state index is -0.488. The molecule has 0 saturated heterocycles. The van der Waals surface area contributed by atoms with Gasteiger partial charge < -0.3 is 15.3 Å². The van der Waals surface area contributed by atoms with Gasteiger partial charge in [-0.1, -0.05) is 6.92 Å². The fourth-order valence-corrected chi connectivity index (χ4v) is 1.96. The van der Waals surface area contributed by atoms with Gasteiger partial charge in [-0.3, -0.25) is 14.9 Å². The second-order valence-electron chi connectivity index (χ2n) is 4.95. The van der Waals surface area contributed by atoms with Gasteiger partial charge in [0.15, 0.2) is 0 Å². The van der Waals surface area contributed by atoms with Gasteiger partial charge in [-0.15, -0.1) is 0 Å². The van der Waals surface area contributed by atoms with E-state index < -0.39 is 4.92 Å². The van der Waals surface area contributed by atoms with Crippen LogP contribution in [0.5, 0.6) is 0 Å². The molecule has 1 rings (SSSR count). The largest absolute Gasteiger partial charge is 0.396 e. The predicted molar refractivity (Wildman–Crippen MR) is 80.5 cm³/mol. The fourth-order valence-electron chi connectivity index (χ4n) is 1.96. The van der Waals surface area contributed by atoms with E-state index in [9.17, 15) is 14.9 Å². The zero-order valence-corrected chi connectivity index (χ0v) is 12.5. The molecular weight excluding hydrogens is 274 g/mol. The molecule has 0 bridgehead atoms. The number of anilines is 1. The molecule has 2 N–H and O–H groups in total. The van der Waals surface area contributed by atoms with Crippen molar-refractivity contribution in [1.29, 1.82) is 0 Å². The van der Waals surface area contributed by atoms with E-state index in [4.69, 9.17) is 5.11 Å². The van der Waals surface area contributed by atoms with Crippen molar-refractivity contribution in [3.63, 3.8) is 0 Å². The van der Waals surface area contributed by atoms with Crippen molar-refractivity contribution < 1.29 is 14.8 Å². The molecule has 0 aromatic heterocycles. The van der Waals surface area contributed by atoms with Crippen molar-refractivity contribution in [2.24, 2.45) is 0 Å². The maximum Gasteiger partial charge on any atom is 0.292 e. The van der Waals surface area contributed by atoms with Gasteiger partial charge in [0.25, 0.3) is 11.6 Å². The van der Waals surface area contributed by atoms with Crippen LogP contribution in [0.2, 0.25) is 0 Å². The van der Waals surface area contributed by atoms with Crippen LogP contribution in [0.4, 0.5) is 11.4 Å². The zero-order valence-electron chi connectivity index (χ0n) is 12.5. The maximum absolute atomic E-state index is 11.9. The molecule has 0 fully saturated rings. The van der Waals surface area contributed by atoms with E-state index >= 15 is 0 Å². The molecule has 0 saturated carbocycles. The van der Waals surface area contributed by atoms with E-state index in [0.29, 0.717) is 24.1 Å². The molecular formula is C14H21N3O4. The van der Waals surface area contributed by atoms with Crippen LogP contribution in [0, 0.1) is 10.1 Å². The van der Waals surface area contributed by atoms with E-state index in [1.54, 1.807) is 14.1 Å². The van der Waals surface area contributed by atoms with Crippen molar-refractivity contribution in [3.8, 4) is 0 Å². The number of hydrogen-bond acceptors (Lipinski definition) is 5. The Kier molecular flexibility index (Phi) is 6.10. The molecule has 0 aliphatic rings. The molecule has 21 heavy (non-hydrogen) atoms. The normalized spacial score (nSPS) is 11.8. The predicted octanol–water partition coefficient (Wildman–Crippen LogP) is 1.87. The first kappa shape index (κ1) is 16.9. The zero-order chi connectivity index (χ0) is 16.0. The minimum Gasteiger partial charge on any atom is -0.396 e. The van der Waals surface area contributed by atoms with Gasteiger partial charge in [0.1, 0.15) is 5.69 Å². The molecule has 1 aromatic rings. The van der Waals surface area contributed by atoms with Gasteiger partial charge in [0.2, 0.25) is 0 Å². The number of nitro benzene ring substituents is 1. The lowest BCUT2D eigenvalue weighted by atomic mass is 10.1. The highest BCUT2D eigenvalue weighted by molar-refractivity contribution is 5.95. The van der Waals surface area contributed by atoms with Crippen LogP contribution < -0.4 is 5.32 Å². The van der Waals surface area contributed by atoms with Crippen LogP contribution in [-0.2, 0) is 0 Å². The molecule has 1 amide bonds. The van der Waals surface area contributed by atoms with E-state index in [1.165, 1.54) is 23.1 Å². The molecule has 1 atom stereocenters. The molecule has 0 spiro atoms. The number of carbonyl (C=O) groups excluding carboxylic acids is 1. The Morgan fingerprint density at radius 3 is 2.62 bits per heavy atom. The molecule has 0 aliphatic carbocycles. The van der Waals surface area contributed by atoms with Crippen molar-refractivity contribution in [2.45, 2.75) is 25.8 Å². The number of carbonyl (C=O) groups is 1. The van der Waals surface area contributed by atoms with E-state index in [0.717, 1.165) is 0 Å². The molecule has 1 unspecified atom stereocenters. The third-order valence-electron chi connectivity index (χ3n) is 3.18. The summed E-state index contributed by atoms with van der Waals surface area (Å²) in [5, 5.41) is 23.1. The van der Waals surface area contributed by atoms with Crippen LogP contribution in [0.15, 0.2) is 18.2 Å². The summed E-state index contributed by atoms with van der Waals surface area (Å²) in [6, 6.07) is 4.17. The fraction of sp³-hybridized carbons (Fsp3) is 0.500. The SMILES string of the molecule is CCC(CCO)Nc1cc(C(=O)N(C)C)ccc1[N+](=O)[O-]. The number of amides is 1. The number of aliphatic hydroxyl groups excluding tert-OH is 1. The first-order valence-corrected chi connectivity index (χ1v) is 6.78. The Morgan fingerprint density at radius 2 is 2.14 bits per heavy atom. The van der Waals surface area contributed by atoms with Gasteiger partial charge in [-0.25, -0.2) is 0 Å². The number of hydrogen-bond donors (Lipinski definition) is 2. The monoisotopic (exact) mass is 295 g/mol. The summed E-state index contributed by atoms with van der Waals surface area (Å²) in [4.78, 5) is 24.0. The summed E-state index contributed by atoms with van der Waals surface area (Å²) in [7, 11) is 3.24. The molecule has 7 nitrogen and oxygen atoms in total. The van der Waals surface area contributed by atoms with Gasteiger partial charge in [0, 0.05) is 38.4 Å². The highest BCUT2D eigenvalue weighted by Crippen LogP contribution is 2.27. The summed E-state index contributed by atoms with van der Waals surface area (Å²) in [5.74, 6) is -0.219. The number of aliphatic hydroxyl groups is 1. The number of rotatable bonds is 7. The van der Waals surface area contributed by atoms with E-state index in [1.807, 2.05) is 6.92 Å². The standard InChI is InChI=1S/C14H21N3O4/c1-4-11(7-8-18)15-12-9-10(14(19)16(2)3)5-6-13(12)17(20)21/h5-6,9,11,15,18H,4,7-8H2,1-3H3. The lowest BCUT2D eigenvalue weighted by molar-refractivity contribution is -0.384. The topological polar surface area (TPSA) is 95.7 Å². The van der Waals surface area contributed by atoms with Gasteiger partial charge in [-0.2, -0.15) is 0 Å². The van der Waals surface area contributed by atoms with Crippen LogP contribution in [-0.4, -0.2) is 47.6 Å². The van der Waals surface area contributed by atoms with Crippen LogP contribution in [0.25, 0.3) is 0 Å². The van der Waals surface area contributed by atoms with Gasteiger partial charge >= 0.3 is 0 Å². The highest BCUT2D eigenvalue weighted by Gasteiger charge is 2.19. The maximum atomic E-state index is 11.9. The Hall–Kier alpha value is -2.15. The third kappa shape index (κ3) is 4.42. The van der Waals surface area contributed by atoms with E-state index in [2.05, 4.69) is 5.32 Å². The third-order valence-corrected chi connectivity index (χ3v) is 3.18. The summed E-state index contributed by atoms with van der Waals surface area (Å²) in [6.45, 7) is 1.92. The van der Waals surface area contributed by atoms with Crippen molar-refractivity contribution in [3.05, 3.63) is 33.9 Å². The van der Waals surface area contributed by atoms with Crippen LogP contribution in [0.1, 0.15) is 30.1 Å². The average Bonchev–Trinajstić information content (AvgIpc) is 2.45. The first-order valence-electron chi connectivity index (χ1n) is 6.78.